The van der Waals surface area contributed by atoms with Gasteiger partial charge in [-0.05, 0) is 42.9 Å². The van der Waals surface area contributed by atoms with Crippen molar-refractivity contribution in [2.75, 3.05) is 0 Å². The summed E-state index contributed by atoms with van der Waals surface area (Å²) in [6.07, 6.45) is 27.2. The average molecular weight is 365 g/mol. The molecule has 0 aliphatic heterocycles. The van der Waals surface area contributed by atoms with Crippen LogP contribution in [-0.4, -0.2) is 0 Å². The second-order valence-corrected chi connectivity index (χ2v) is 9.00. The van der Waals surface area contributed by atoms with Gasteiger partial charge in [-0.3, -0.25) is 0 Å². The molecular weight excluding hydrogens is 312 g/mol. The third kappa shape index (κ3) is 9.09. The highest BCUT2D eigenvalue weighted by molar-refractivity contribution is 5.08. The van der Waals surface area contributed by atoms with Crippen LogP contribution in [0.4, 0.5) is 0 Å². The van der Waals surface area contributed by atoms with Gasteiger partial charge in [0.2, 0.25) is 0 Å². The van der Waals surface area contributed by atoms with Gasteiger partial charge in [0.15, 0.2) is 0 Å². The lowest BCUT2D eigenvalue weighted by Crippen LogP contribution is -2.39. The molecule has 0 saturated heterocycles. The highest BCUT2D eigenvalue weighted by atomic mass is 14.5. The Hall–Kier alpha value is -0.260. The van der Waals surface area contributed by atoms with Crippen molar-refractivity contribution in [1.82, 2.24) is 0 Å². The topological polar surface area (TPSA) is 0 Å². The maximum Gasteiger partial charge on any atom is -0.00646 e. The van der Waals surface area contributed by atoms with Gasteiger partial charge < -0.3 is 0 Å². The summed E-state index contributed by atoms with van der Waals surface area (Å²) in [6.45, 7) is 14.4. The van der Waals surface area contributed by atoms with Crippen molar-refractivity contribution in [3.63, 3.8) is 0 Å². The summed E-state index contributed by atoms with van der Waals surface area (Å²) in [5.41, 5.74) is 0.900. The molecule has 1 atom stereocenters. The Morgan fingerprint density at radius 1 is 0.538 bits per heavy atom. The molecule has 26 heavy (non-hydrogen) atoms. The smallest absolute Gasteiger partial charge is 0.00646 e. The Morgan fingerprint density at radius 3 is 1.58 bits per heavy atom. The highest BCUT2D eigenvalue weighted by Crippen LogP contribution is 2.54. The lowest BCUT2D eigenvalue weighted by atomic mass is 9.56. The lowest BCUT2D eigenvalue weighted by molar-refractivity contribution is 0.0508. The molecule has 0 aliphatic rings. The second kappa shape index (κ2) is 15.8. The monoisotopic (exact) mass is 364 g/mol. The van der Waals surface area contributed by atoms with Crippen molar-refractivity contribution >= 4 is 0 Å². The molecule has 0 rings (SSSR count). The number of hydrogen-bond acceptors (Lipinski definition) is 0. The van der Waals surface area contributed by atoms with Crippen LogP contribution in [0.5, 0.6) is 0 Å². The van der Waals surface area contributed by atoms with Crippen LogP contribution in [0.3, 0.4) is 0 Å². The molecule has 0 saturated carbocycles. The van der Waals surface area contributed by atoms with Gasteiger partial charge in [-0.25, -0.2) is 0 Å². The van der Waals surface area contributed by atoms with Crippen molar-refractivity contribution < 1.29 is 0 Å². The fourth-order valence-corrected chi connectivity index (χ4v) is 4.86. The molecule has 0 aromatic heterocycles. The third-order valence-corrected chi connectivity index (χ3v) is 6.71. The van der Waals surface area contributed by atoms with E-state index in [4.69, 9.17) is 0 Å². The Bertz CT molecular complexity index is 319. The van der Waals surface area contributed by atoms with E-state index in [1.807, 2.05) is 0 Å². The molecule has 0 spiro atoms. The second-order valence-electron chi connectivity index (χ2n) is 9.00. The SMILES string of the molecule is CCC=CC(CCC)(CCCCCCCC)C(C)(CCCC)CCCC. The molecule has 0 aliphatic carbocycles. The fourth-order valence-electron chi connectivity index (χ4n) is 4.86. The normalized spacial score (nSPS) is 14.8. The maximum absolute atomic E-state index is 2.69. The molecule has 0 radical (unpaired) electrons. The molecule has 0 heterocycles. The van der Waals surface area contributed by atoms with E-state index in [-0.39, 0.29) is 0 Å². The van der Waals surface area contributed by atoms with E-state index >= 15 is 0 Å². The Labute approximate surface area is 167 Å². The summed E-state index contributed by atoms with van der Waals surface area (Å²) >= 11 is 0. The number of unbranched alkanes of at least 4 members (excludes halogenated alkanes) is 7. The molecule has 0 aromatic rings. The van der Waals surface area contributed by atoms with Gasteiger partial charge in [0, 0.05) is 0 Å². The Balaban J connectivity index is 5.33. The highest BCUT2D eigenvalue weighted by Gasteiger charge is 2.43. The van der Waals surface area contributed by atoms with Gasteiger partial charge in [0.25, 0.3) is 0 Å². The molecule has 0 heteroatoms. The lowest BCUT2D eigenvalue weighted by Gasteiger charge is -2.49. The molecule has 0 aromatic carbocycles. The summed E-state index contributed by atoms with van der Waals surface area (Å²) in [7, 11) is 0. The van der Waals surface area contributed by atoms with Crippen molar-refractivity contribution in [2.24, 2.45) is 10.8 Å². The molecule has 156 valence electrons. The zero-order chi connectivity index (χ0) is 19.7. The largest absolute Gasteiger partial charge is 0.0882 e. The Kier molecular flexibility index (Phi) is 15.6. The fraction of sp³-hybridized carbons (Fsp3) is 0.923. The minimum Gasteiger partial charge on any atom is -0.0882 e. The van der Waals surface area contributed by atoms with Gasteiger partial charge >= 0.3 is 0 Å². The van der Waals surface area contributed by atoms with Crippen LogP contribution in [-0.2, 0) is 0 Å². The van der Waals surface area contributed by atoms with Crippen molar-refractivity contribution in [3.05, 3.63) is 12.2 Å². The molecule has 0 N–H and O–H groups in total. The van der Waals surface area contributed by atoms with Crippen LogP contribution < -0.4 is 0 Å². The standard InChI is InChI=1S/C26H52/c1-7-12-16-17-18-19-24-26(20-11-5,23-15-10-4)25(6,21-13-8-2)22-14-9-3/h15,23H,7-14,16-22,24H2,1-6H3. The van der Waals surface area contributed by atoms with E-state index in [0.29, 0.717) is 10.8 Å². The molecule has 0 nitrogen and oxygen atoms in total. The van der Waals surface area contributed by atoms with E-state index in [1.54, 1.807) is 0 Å². The van der Waals surface area contributed by atoms with E-state index < -0.39 is 0 Å². The molecule has 0 fully saturated rings. The van der Waals surface area contributed by atoms with Gasteiger partial charge in [-0.2, -0.15) is 0 Å². The number of allylic oxidation sites excluding steroid dienone is 2. The Morgan fingerprint density at radius 2 is 1.08 bits per heavy atom. The minimum absolute atomic E-state index is 0.423. The molecular formula is C26H52. The quantitative estimate of drug-likeness (QED) is 0.168. The maximum atomic E-state index is 2.69. The third-order valence-electron chi connectivity index (χ3n) is 6.71. The summed E-state index contributed by atoms with van der Waals surface area (Å²) in [5, 5.41) is 0. The van der Waals surface area contributed by atoms with Crippen LogP contribution in [0.15, 0.2) is 12.2 Å². The van der Waals surface area contributed by atoms with Crippen molar-refractivity contribution in [3.8, 4) is 0 Å². The van der Waals surface area contributed by atoms with Crippen LogP contribution in [0.2, 0.25) is 0 Å². The van der Waals surface area contributed by atoms with E-state index in [0.717, 1.165) is 0 Å². The number of hydrogen-bond donors (Lipinski definition) is 0. The van der Waals surface area contributed by atoms with Crippen LogP contribution in [0.25, 0.3) is 0 Å². The zero-order valence-corrected chi connectivity index (χ0v) is 19.5. The average Bonchev–Trinajstić information content (AvgIpc) is 2.65. The molecule has 0 bridgehead atoms. The first-order valence-electron chi connectivity index (χ1n) is 12.2. The predicted octanol–water partition coefficient (Wildman–Crippen LogP) is 9.88. The molecule has 1 unspecified atom stereocenters. The number of rotatable bonds is 18. The van der Waals surface area contributed by atoms with Gasteiger partial charge in [-0.1, -0.05) is 124 Å². The van der Waals surface area contributed by atoms with Crippen molar-refractivity contribution in [1.29, 1.82) is 0 Å². The first kappa shape index (κ1) is 25.7. The zero-order valence-electron chi connectivity index (χ0n) is 19.5. The molecule has 0 amide bonds. The van der Waals surface area contributed by atoms with Crippen LogP contribution in [0, 0.1) is 10.8 Å². The summed E-state index contributed by atoms with van der Waals surface area (Å²) in [5.74, 6) is 0. The minimum atomic E-state index is 0.423. The first-order chi connectivity index (χ1) is 12.6. The summed E-state index contributed by atoms with van der Waals surface area (Å²) < 4.78 is 0. The van der Waals surface area contributed by atoms with E-state index in [9.17, 15) is 0 Å². The van der Waals surface area contributed by atoms with Crippen LogP contribution in [0.1, 0.15) is 144 Å². The van der Waals surface area contributed by atoms with Crippen LogP contribution >= 0.6 is 0 Å². The van der Waals surface area contributed by atoms with Gasteiger partial charge in [0.1, 0.15) is 0 Å². The predicted molar refractivity (Wildman–Crippen MR) is 122 cm³/mol. The van der Waals surface area contributed by atoms with E-state index in [2.05, 4.69) is 53.7 Å². The van der Waals surface area contributed by atoms with Gasteiger partial charge in [-0.15, -0.1) is 0 Å². The van der Waals surface area contributed by atoms with Crippen molar-refractivity contribution in [2.45, 2.75) is 144 Å². The first-order valence-corrected chi connectivity index (χ1v) is 12.2. The van der Waals surface area contributed by atoms with E-state index in [1.165, 1.54) is 103 Å². The van der Waals surface area contributed by atoms with Gasteiger partial charge in [0.05, 0.1) is 0 Å². The summed E-state index contributed by atoms with van der Waals surface area (Å²) in [6, 6.07) is 0. The summed E-state index contributed by atoms with van der Waals surface area (Å²) in [4.78, 5) is 0.